The highest BCUT2D eigenvalue weighted by Gasteiger charge is 2.21. The summed E-state index contributed by atoms with van der Waals surface area (Å²) in [5.74, 6) is -1.27. The minimum Gasteiger partial charge on any atom is -0.480 e. The number of carboxylic acids is 1. The molecule has 1 amide bonds. The Hall–Kier alpha value is -1.13. The van der Waals surface area contributed by atoms with Crippen LogP contribution in [-0.2, 0) is 9.59 Å². The summed E-state index contributed by atoms with van der Waals surface area (Å²) in [5.41, 5.74) is 0. The maximum atomic E-state index is 12.2. The number of rotatable bonds is 6. The smallest absolute Gasteiger partial charge is 0.328 e. The first-order valence-electron chi connectivity index (χ1n) is 4.96. The average molecular weight is 219 g/mol. The predicted octanol–water partition coefficient (Wildman–Crippen LogP) is 1.21. The molecule has 15 heavy (non-hydrogen) atoms. The van der Waals surface area contributed by atoms with Gasteiger partial charge in [-0.2, -0.15) is 0 Å². The number of alkyl halides is 1. The summed E-state index contributed by atoms with van der Waals surface area (Å²) in [6, 6.07) is -1.42. The Bertz CT molecular complexity index is 231. The molecular weight excluding hydrogens is 201 g/mol. The number of carbonyl (C=O) groups excluding carboxylic acids is 1. The summed E-state index contributed by atoms with van der Waals surface area (Å²) >= 11 is 0. The van der Waals surface area contributed by atoms with E-state index in [9.17, 15) is 14.0 Å². The van der Waals surface area contributed by atoms with Crippen molar-refractivity contribution >= 4 is 11.9 Å². The molecule has 0 aliphatic carbocycles. The van der Waals surface area contributed by atoms with Gasteiger partial charge in [0.25, 0.3) is 0 Å². The first-order valence-corrected chi connectivity index (χ1v) is 4.96. The zero-order valence-corrected chi connectivity index (χ0v) is 9.29. The number of aliphatic carboxylic acids is 1. The molecule has 2 N–H and O–H groups in total. The molecule has 0 aromatic rings. The number of amides is 1. The Balaban J connectivity index is 4.07. The summed E-state index contributed by atoms with van der Waals surface area (Å²) in [7, 11) is 0. The van der Waals surface area contributed by atoms with Gasteiger partial charge in [0.15, 0.2) is 6.04 Å². The predicted molar refractivity (Wildman–Crippen MR) is 54.2 cm³/mol. The topological polar surface area (TPSA) is 66.4 Å². The number of halogens is 1. The van der Waals surface area contributed by atoms with Gasteiger partial charge in [-0.1, -0.05) is 20.8 Å². The third-order valence-corrected chi connectivity index (χ3v) is 2.43. The van der Waals surface area contributed by atoms with Crippen LogP contribution in [0.25, 0.3) is 0 Å². The molecule has 0 aromatic heterocycles. The van der Waals surface area contributed by atoms with E-state index in [0.29, 0.717) is 5.92 Å². The summed E-state index contributed by atoms with van der Waals surface area (Å²) < 4.78 is 12.2. The van der Waals surface area contributed by atoms with E-state index < -0.39 is 24.6 Å². The first kappa shape index (κ1) is 13.9. The highest BCUT2D eigenvalue weighted by Crippen LogP contribution is 2.13. The van der Waals surface area contributed by atoms with Crippen molar-refractivity contribution in [1.29, 1.82) is 0 Å². The Morgan fingerprint density at radius 2 is 1.87 bits per heavy atom. The van der Waals surface area contributed by atoms with Gasteiger partial charge < -0.3 is 10.4 Å². The molecule has 2 unspecified atom stereocenters. The second-order valence-electron chi connectivity index (χ2n) is 4.04. The van der Waals surface area contributed by atoms with E-state index in [2.05, 4.69) is 5.32 Å². The van der Waals surface area contributed by atoms with Gasteiger partial charge in [0.05, 0.1) is 0 Å². The standard InChI is InChI=1S/C10H18FNO3/c1-6(2)7(3)4-9(13)12-8(5-11)10(14)15/h6-8H,4-5H2,1-3H3,(H,12,13)(H,14,15). The second kappa shape index (κ2) is 6.37. The van der Waals surface area contributed by atoms with Crippen molar-refractivity contribution in [3.8, 4) is 0 Å². The third-order valence-electron chi connectivity index (χ3n) is 2.43. The first-order chi connectivity index (χ1) is 6.88. The molecule has 88 valence electrons. The molecule has 0 spiro atoms. The lowest BCUT2D eigenvalue weighted by molar-refractivity contribution is -0.142. The van der Waals surface area contributed by atoms with Crippen LogP contribution in [0.3, 0.4) is 0 Å². The molecule has 0 heterocycles. The SMILES string of the molecule is CC(C)C(C)CC(=O)NC(CF)C(=O)O. The van der Waals surface area contributed by atoms with Gasteiger partial charge in [-0.3, -0.25) is 4.79 Å². The van der Waals surface area contributed by atoms with E-state index >= 15 is 0 Å². The van der Waals surface area contributed by atoms with Crippen molar-refractivity contribution in [3.05, 3.63) is 0 Å². The number of hydrogen-bond acceptors (Lipinski definition) is 2. The van der Waals surface area contributed by atoms with Crippen molar-refractivity contribution in [3.63, 3.8) is 0 Å². The van der Waals surface area contributed by atoms with Crippen molar-refractivity contribution < 1.29 is 19.1 Å². The van der Waals surface area contributed by atoms with Crippen LogP contribution in [0.2, 0.25) is 0 Å². The van der Waals surface area contributed by atoms with Crippen LogP contribution in [0.1, 0.15) is 27.2 Å². The lowest BCUT2D eigenvalue weighted by atomic mass is 9.94. The van der Waals surface area contributed by atoms with E-state index in [-0.39, 0.29) is 12.3 Å². The molecule has 0 saturated carbocycles. The highest BCUT2D eigenvalue weighted by atomic mass is 19.1. The fourth-order valence-corrected chi connectivity index (χ4v) is 0.948. The van der Waals surface area contributed by atoms with Crippen LogP contribution in [0, 0.1) is 11.8 Å². The Morgan fingerprint density at radius 1 is 1.33 bits per heavy atom. The van der Waals surface area contributed by atoms with E-state index in [4.69, 9.17) is 5.11 Å². The van der Waals surface area contributed by atoms with E-state index in [1.165, 1.54) is 0 Å². The van der Waals surface area contributed by atoms with Gasteiger partial charge in [-0.15, -0.1) is 0 Å². The maximum Gasteiger partial charge on any atom is 0.328 e. The number of carbonyl (C=O) groups is 2. The lowest BCUT2D eigenvalue weighted by Gasteiger charge is -2.16. The molecule has 5 heteroatoms. The largest absolute Gasteiger partial charge is 0.480 e. The normalized spacial score (nSPS) is 14.7. The van der Waals surface area contributed by atoms with Gasteiger partial charge in [0, 0.05) is 6.42 Å². The Morgan fingerprint density at radius 3 is 2.20 bits per heavy atom. The molecule has 0 aliphatic heterocycles. The third kappa shape index (κ3) is 5.34. The van der Waals surface area contributed by atoms with E-state index in [0.717, 1.165) is 0 Å². The second-order valence-corrected chi connectivity index (χ2v) is 4.04. The zero-order valence-electron chi connectivity index (χ0n) is 9.29. The van der Waals surface area contributed by atoms with Crippen LogP contribution in [0.5, 0.6) is 0 Å². The highest BCUT2D eigenvalue weighted by molar-refractivity contribution is 5.83. The lowest BCUT2D eigenvalue weighted by Crippen LogP contribution is -2.42. The molecule has 0 fully saturated rings. The minimum atomic E-state index is -1.42. The molecule has 0 aromatic carbocycles. The van der Waals surface area contributed by atoms with Crippen molar-refractivity contribution in [1.82, 2.24) is 5.32 Å². The molecule has 0 bridgehead atoms. The zero-order chi connectivity index (χ0) is 12.0. The van der Waals surface area contributed by atoms with E-state index in [1.807, 2.05) is 20.8 Å². The monoisotopic (exact) mass is 219 g/mol. The molecule has 4 nitrogen and oxygen atoms in total. The van der Waals surface area contributed by atoms with Gasteiger partial charge in [0.1, 0.15) is 6.67 Å². The molecule has 0 radical (unpaired) electrons. The summed E-state index contributed by atoms with van der Waals surface area (Å²) in [4.78, 5) is 21.7. The molecule has 2 atom stereocenters. The molecule has 0 saturated heterocycles. The van der Waals surface area contributed by atoms with Crippen molar-refractivity contribution in [2.75, 3.05) is 6.67 Å². The summed E-state index contributed by atoms with van der Waals surface area (Å²) in [6.07, 6.45) is 0.224. The average Bonchev–Trinajstić information content (AvgIpc) is 2.13. The Labute approximate surface area is 88.9 Å². The van der Waals surface area contributed by atoms with Gasteiger partial charge in [-0.05, 0) is 11.8 Å². The number of carboxylic acid groups (broad SMARTS) is 1. The minimum absolute atomic E-state index is 0.152. The van der Waals surface area contributed by atoms with Crippen LogP contribution >= 0.6 is 0 Å². The molecular formula is C10H18FNO3. The van der Waals surface area contributed by atoms with Crippen molar-refractivity contribution in [2.24, 2.45) is 11.8 Å². The van der Waals surface area contributed by atoms with Gasteiger partial charge >= 0.3 is 5.97 Å². The van der Waals surface area contributed by atoms with Crippen LogP contribution < -0.4 is 5.32 Å². The maximum absolute atomic E-state index is 12.2. The van der Waals surface area contributed by atoms with Crippen LogP contribution in [-0.4, -0.2) is 29.7 Å². The molecule has 0 aliphatic rings. The van der Waals surface area contributed by atoms with Crippen LogP contribution in [0.4, 0.5) is 4.39 Å². The fraction of sp³-hybridized carbons (Fsp3) is 0.800. The summed E-state index contributed by atoms with van der Waals surface area (Å²) in [6.45, 7) is 4.76. The van der Waals surface area contributed by atoms with Gasteiger partial charge in [0.2, 0.25) is 5.91 Å². The summed E-state index contributed by atoms with van der Waals surface area (Å²) in [5, 5.41) is 10.6. The number of hydrogen-bond donors (Lipinski definition) is 2. The number of nitrogens with one attached hydrogen (secondary N) is 1. The molecule has 0 rings (SSSR count). The quantitative estimate of drug-likeness (QED) is 0.705. The Kier molecular flexibility index (Phi) is 5.89. The van der Waals surface area contributed by atoms with E-state index in [1.54, 1.807) is 0 Å². The van der Waals surface area contributed by atoms with Crippen molar-refractivity contribution in [2.45, 2.75) is 33.2 Å². The van der Waals surface area contributed by atoms with Crippen LogP contribution in [0.15, 0.2) is 0 Å². The van der Waals surface area contributed by atoms with Gasteiger partial charge in [-0.25, -0.2) is 9.18 Å². The fourth-order valence-electron chi connectivity index (χ4n) is 0.948.